The van der Waals surface area contributed by atoms with Crippen LogP contribution in [0.1, 0.15) is 59.3 Å². The standard InChI is InChI=1S/C30H26N4O4/c35-27(37-29-31-17-23(33-29)15-21-11-5-9-19-7-1-3-13-25(19)21)28(36)38-30-32-18-24(34-30)16-22-12-6-10-20-8-2-4-14-26(20)22/h1-4,7-8,13-18H,5-6,9-12H2,(H,31,33)(H,32,34). The Kier molecular flexibility index (Phi) is 6.44. The normalized spacial score (nSPS) is 16.6. The summed E-state index contributed by atoms with van der Waals surface area (Å²) in [6.45, 7) is 0. The maximum absolute atomic E-state index is 12.3. The molecule has 2 N–H and O–H groups in total. The molecule has 2 aromatic heterocycles. The van der Waals surface area contributed by atoms with Gasteiger partial charge in [-0.3, -0.25) is 0 Å². The summed E-state index contributed by atoms with van der Waals surface area (Å²) >= 11 is 0. The van der Waals surface area contributed by atoms with Crippen molar-refractivity contribution in [1.82, 2.24) is 19.9 Å². The minimum Gasteiger partial charge on any atom is -0.384 e. The van der Waals surface area contributed by atoms with Crippen LogP contribution in [0.3, 0.4) is 0 Å². The molecule has 0 bridgehead atoms. The summed E-state index contributed by atoms with van der Waals surface area (Å²) in [7, 11) is 0. The van der Waals surface area contributed by atoms with E-state index < -0.39 is 11.9 Å². The molecule has 0 unspecified atom stereocenters. The second kappa shape index (κ2) is 10.3. The molecule has 38 heavy (non-hydrogen) atoms. The van der Waals surface area contributed by atoms with Gasteiger partial charge in [-0.15, -0.1) is 0 Å². The summed E-state index contributed by atoms with van der Waals surface area (Å²) in [6, 6.07) is 16.5. The van der Waals surface area contributed by atoms with E-state index in [1.807, 2.05) is 36.4 Å². The molecular weight excluding hydrogens is 480 g/mol. The monoisotopic (exact) mass is 506 g/mol. The Morgan fingerprint density at radius 2 is 1.11 bits per heavy atom. The van der Waals surface area contributed by atoms with Gasteiger partial charge in [0, 0.05) is 0 Å². The number of nitrogens with zero attached hydrogens (tertiary/aromatic N) is 2. The van der Waals surface area contributed by atoms with E-state index in [0.29, 0.717) is 11.4 Å². The molecule has 8 nitrogen and oxygen atoms in total. The zero-order chi connectivity index (χ0) is 25.9. The molecule has 2 heterocycles. The molecule has 0 radical (unpaired) electrons. The van der Waals surface area contributed by atoms with Gasteiger partial charge in [-0.2, -0.15) is 0 Å². The fraction of sp³-hybridized carbons (Fsp3) is 0.200. The van der Waals surface area contributed by atoms with E-state index in [0.717, 1.165) is 38.5 Å². The van der Waals surface area contributed by atoms with Gasteiger partial charge in [0.2, 0.25) is 0 Å². The topological polar surface area (TPSA) is 110 Å². The maximum atomic E-state index is 12.3. The molecular formula is C30H26N4O4. The van der Waals surface area contributed by atoms with E-state index in [4.69, 9.17) is 9.47 Å². The third-order valence-corrected chi connectivity index (χ3v) is 6.86. The van der Waals surface area contributed by atoms with Gasteiger partial charge in [-0.05, 0) is 84.1 Å². The highest BCUT2D eigenvalue weighted by molar-refractivity contribution is 6.30. The van der Waals surface area contributed by atoms with Crippen LogP contribution in [0.5, 0.6) is 12.0 Å². The summed E-state index contributed by atoms with van der Waals surface area (Å²) < 4.78 is 10.2. The number of rotatable bonds is 4. The first-order valence-corrected chi connectivity index (χ1v) is 12.7. The van der Waals surface area contributed by atoms with Crippen LogP contribution in [0, 0.1) is 0 Å². The lowest BCUT2D eigenvalue weighted by Gasteiger charge is -2.18. The molecule has 0 fully saturated rings. The predicted octanol–water partition coefficient (Wildman–Crippen LogP) is 5.40. The molecule has 2 aromatic carbocycles. The molecule has 6 rings (SSSR count). The fourth-order valence-corrected chi connectivity index (χ4v) is 5.13. The number of carbonyl (C=O) groups excluding carboxylic acids is 2. The lowest BCUT2D eigenvalue weighted by molar-refractivity contribution is -0.156. The molecule has 0 aliphatic heterocycles. The number of aromatic amines is 2. The SMILES string of the molecule is O=C(Oc1ncc(C=C2CCCc3ccccc32)[nH]1)C(=O)Oc1ncc(C=C2CCCc3ccccc32)[nH]1. The molecule has 0 saturated carbocycles. The van der Waals surface area contributed by atoms with Gasteiger partial charge in [0.05, 0.1) is 23.8 Å². The van der Waals surface area contributed by atoms with Crippen molar-refractivity contribution in [1.29, 1.82) is 0 Å². The van der Waals surface area contributed by atoms with Gasteiger partial charge in [0.25, 0.3) is 0 Å². The van der Waals surface area contributed by atoms with Crippen molar-refractivity contribution in [3.63, 3.8) is 0 Å². The number of imidazole rings is 2. The largest absolute Gasteiger partial charge is 0.425 e. The van der Waals surface area contributed by atoms with Crippen LogP contribution >= 0.6 is 0 Å². The number of hydrogen-bond donors (Lipinski definition) is 2. The van der Waals surface area contributed by atoms with Crippen LogP contribution in [0.25, 0.3) is 23.3 Å². The molecule has 190 valence electrons. The highest BCUT2D eigenvalue weighted by Gasteiger charge is 2.22. The molecule has 2 aliphatic carbocycles. The van der Waals surface area contributed by atoms with E-state index >= 15 is 0 Å². The first-order valence-electron chi connectivity index (χ1n) is 12.7. The van der Waals surface area contributed by atoms with Gasteiger partial charge < -0.3 is 19.4 Å². The van der Waals surface area contributed by atoms with Gasteiger partial charge in [0.1, 0.15) is 0 Å². The molecule has 0 atom stereocenters. The number of benzene rings is 2. The Bertz CT molecular complexity index is 1460. The number of carbonyl (C=O) groups is 2. The van der Waals surface area contributed by atoms with Crippen LogP contribution in [0.15, 0.2) is 60.9 Å². The second-order valence-corrected chi connectivity index (χ2v) is 9.43. The van der Waals surface area contributed by atoms with Crippen molar-refractivity contribution in [2.24, 2.45) is 0 Å². The first-order chi connectivity index (χ1) is 18.6. The number of nitrogens with one attached hydrogen (secondary N) is 2. The quantitative estimate of drug-likeness (QED) is 0.283. The Morgan fingerprint density at radius 1 is 0.658 bits per heavy atom. The molecule has 2 aliphatic rings. The van der Waals surface area contributed by atoms with Crippen LogP contribution in [0.2, 0.25) is 0 Å². The van der Waals surface area contributed by atoms with E-state index in [9.17, 15) is 9.59 Å². The summed E-state index contributed by atoms with van der Waals surface area (Å²) in [5.41, 5.74) is 8.82. The van der Waals surface area contributed by atoms with Crippen molar-refractivity contribution in [3.8, 4) is 12.0 Å². The number of esters is 2. The lowest BCUT2D eigenvalue weighted by atomic mass is 9.87. The first kappa shape index (κ1) is 23.7. The summed E-state index contributed by atoms with van der Waals surface area (Å²) in [5, 5.41) is 0. The smallest absolute Gasteiger partial charge is 0.384 e. The number of aromatic nitrogens is 4. The van der Waals surface area contributed by atoms with E-state index in [2.05, 4.69) is 44.2 Å². The van der Waals surface area contributed by atoms with Gasteiger partial charge >= 0.3 is 24.0 Å². The summed E-state index contributed by atoms with van der Waals surface area (Å²) in [4.78, 5) is 38.6. The molecule has 0 spiro atoms. The van der Waals surface area contributed by atoms with Crippen molar-refractivity contribution >= 4 is 35.2 Å². The summed E-state index contributed by atoms with van der Waals surface area (Å²) in [5.74, 6) is -2.39. The van der Waals surface area contributed by atoms with Gasteiger partial charge in [-0.1, -0.05) is 48.5 Å². The van der Waals surface area contributed by atoms with Crippen LogP contribution < -0.4 is 9.47 Å². The minimum absolute atomic E-state index is 0.0799. The number of fused-ring (bicyclic) bond motifs is 2. The van der Waals surface area contributed by atoms with E-state index in [1.165, 1.54) is 33.4 Å². The minimum atomic E-state index is -1.20. The molecule has 4 aromatic rings. The van der Waals surface area contributed by atoms with E-state index in [-0.39, 0.29) is 12.0 Å². The average Bonchev–Trinajstić information content (AvgIpc) is 3.58. The van der Waals surface area contributed by atoms with Crippen LogP contribution in [-0.4, -0.2) is 31.9 Å². The summed E-state index contributed by atoms with van der Waals surface area (Å²) in [6.07, 6.45) is 13.3. The van der Waals surface area contributed by atoms with Crippen molar-refractivity contribution in [3.05, 3.63) is 94.6 Å². The van der Waals surface area contributed by atoms with Crippen molar-refractivity contribution < 1.29 is 19.1 Å². The number of allylic oxidation sites excluding steroid dienone is 2. The highest BCUT2D eigenvalue weighted by atomic mass is 16.6. The molecule has 8 heteroatoms. The second-order valence-electron chi connectivity index (χ2n) is 9.43. The van der Waals surface area contributed by atoms with Crippen molar-refractivity contribution in [2.75, 3.05) is 0 Å². The highest BCUT2D eigenvalue weighted by Crippen LogP contribution is 2.33. The Labute approximate surface area is 219 Å². The van der Waals surface area contributed by atoms with Crippen LogP contribution in [0.4, 0.5) is 0 Å². The average molecular weight is 507 g/mol. The number of aryl methyl sites for hydroxylation is 2. The number of ether oxygens (including phenoxy) is 2. The lowest BCUT2D eigenvalue weighted by Crippen LogP contribution is -2.26. The van der Waals surface area contributed by atoms with E-state index in [1.54, 1.807) is 12.4 Å². The maximum Gasteiger partial charge on any atom is 0.425 e. The van der Waals surface area contributed by atoms with Crippen LogP contribution in [-0.2, 0) is 22.4 Å². The van der Waals surface area contributed by atoms with Crippen molar-refractivity contribution in [2.45, 2.75) is 38.5 Å². The zero-order valence-electron chi connectivity index (χ0n) is 20.7. The zero-order valence-corrected chi connectivity index (χ0v) is 20.7. The number of hydrogen-bond acceptors (Lipinski definition) is 6. The number of H-pyrrole nitrogens is 2. The predicted molar refractivity (Wildman–Crippen MR) is 143 cm³/mol. The molecule has 0 amide bonds. The third-order valence-electron chi connectivity index (χ3n) is 6.86. The Morgan fingerprint density at radius 3 is 1.58 bits per heavy atom. The Hall–Kier alpha value is -4.72. The van der Waals surface area contributed by atoms with Gasteiger partial charge in [-0.25, -0.2) is 19.6 Å². The molecule has 0 saturated heterocycles. The fourth-order valence-electron chi connectivity index (χ4n) is 5.13. The Balaban J connectivity index is 1.09. The van der Waals surface area contributed by atoms with Gasteiger partial charge in [0.15, 0.2) is 0 Å². The third kappa shape index (κ3) is 5.06.